The van der Waals surface area contributed by atoms with Crippen molar-refractivity contribution in [3.8, 4) is 11.5 Å². The van der Waals surface area contributed by atoms with Gasteiger partial charge in [0.05, 0.1) is 27.8 Å². The topological polar surface area (TPSA) is 89.0 Å². The van der Waals surface area contributed by atoms with E-state index >= 15 is 0 Å². The normalized spacial score (nSPS) is 14.3. The molecule has 27 heavy (non-hydrogen) atoms. The van der Waals surface area contributed by atoms with Crippen molar-refractivity contribution in [3.63, 3.8) is 0 Å². The summed E-state index contributed by atoms with van der Waals surface area (Å²) in [6.07, 6.45) is 0.951. The van der Waals surface area contributed by atoms with Crippen LogP contribution in [0.4, 0.5) is 5.69 Å². The van der Waals surface area contributed by atoms with Gasteiger partial charge in [-0.2, -0.15) is 0 Å². The van der Waals surface area contributed by atoms with Crippen LogP contribution in [0.3, 0.4) is 0 Å². The van der Waals surface area contributed by atoms with E-state index in [4.69, 9.17) is 37.8 Å². The van der Waals surface area contributed by atoms with Crippen molar-refractivity contribution in [2.45, 2.75) is 19.4 Å². The Labute approximate surface area is 165 Å². The number of fused-ring (bicyclic) bond motifs is 1. The maximum atomic E-state index is 12.1. The Morgan fingerprint density at radius 1 is 1.41 bits per heavy atom. The van der Waals surface area contributed by atoms with E-state index in [2.05, 4.69) is 4.98 Å². The number of carbonyl (C=O) groups excluding carboxylic acids is 1. The number of hydrogen-bond acceptors (Lipinski definition) is 5. The van der Waals surface area contributed by atoms with Crippen LogP contribution in [0.25, 0.3) is 0 Å². The van der Waals surface area contributed by atoms with Gasteiger partial charge in [0, 0.05) is 18.8 Å². The van der Waals surface area contributed by atoms with Crippen molar-refractivity contribution in [1.82, 2.24) is 4.98 Å². The summed E-state index contributed by atoms with van der Waals surface area (Å²) in [6, 6.07) is 6.59. The maximum Gasteiger partial charge on any atom is 0.305 e. The first kappa shape index (κ1) is 19.3. The molecule has 0 radical (unpaired) electrons. The van der Waals surface area contributed by atoms with Crippen LogP contribution >= 0.6 is 23.2 Å². The fourth-order valence-corrected chi connectivity index (χ4v) is 2.94. The van der Waals surface area contributed by atoms with Crippen molar-refractivity contribution in [3.05, 3.63) is 46.2 Å². The number of hydrogen-bond donors (Lipinski definition) is 1. The van der Waals surface area contributed by atoms with Gasteiger partial charge in [-0.15, -0.1) is 0 Å². The third-order valence-corrected chi connectivity index (χ3v) is 4.50. The summed E-state index contributed by atoms with van der Waals surface area (Å²) in [5, 5.41) is 9.67. The number of pyridine rings is 1. The van der Waals surface area contributed by atoms with Crippen molar-refractivity contribution >= 4 is 40.8 Å². The van der Waals surface area contributed by atoms with Crippen LogP contribution < -0.4 is 14.4 Å². The molecule has 1 aliphatic rings. The zero-order valence-corrected chi connectivity index (χ0v) is 15.8. The third kappa shape index (κ3) is 4.43. The molecule has 142 valence electrons. The second-order valence-corrected chi connectivity index (χ2v) is 6.73. The van der Waals surface area contributed by atoms with Gasteiger partial charge in [0.25, 0.3) is 5.91 Å². The highest BCUT2D eigenvalue weighted by Gasteiger charge is 2.28. The molecule has 1 N–H and O–H groups in total. The van der Waals surface area contributed by atoms with E-state index in [1.165, 1.54) is 17.2 Å². The van der Waals surface area contributed by atoms with E-state index in [0.717, 1.165) is 0 Å². The molecule has 0 saturated heterocycles. The van der Waals surface area contributed by atoms with Crippen LogP contribution in [0.5, 0.6) is 11.5 Å². The van der Waals surface area contributed by atoms with Crippen LogP contribution in [-0.4, -0.2) is 35.1 Å². The highest BCUT2D eigenvalue weighted by atomic mass is 35.5. The van der Waals surface area contributed by atoms with Crippen molar-refractivity contribution in [2.24, 2.45) is 0 Å². The van der Waals surface area contributed by atoms with Crippen LogP contribution in [0.2, 0.25) is 10.0 Å². The minimum absolute atomic E-state index is 0.0339. The number of carboxylic acid groups (broad SMARTS) is 1. The molecule has 0 saturated carbocycles. The molecule has 3 rings (SSSR count). The summed E-state index contributed by atoms with van der Waals surface area (Å²) in [7, 11) is 0. The SMILES string of the molecule is C[C@@H](Oc1cc2c(cc1Cl)N(CCC(=O)O)C(=O)CO2)c1ccc(Cl)cn1. The number of anilines is 1. The molecule has 1 aliphatic heterocycles. The first-order valence-electron chi connectivity index (χ1n) is 8.11. The molecule has 7 nitrogen and oxygen atoms in total. The number of carbonyl (C=O) groups is 2. The van der Waals surface area contributed by atoms with Gasteiger partial charge in [0.15, 0.2) is 6.61 Å². The van der Waals surface area contributed by atoms with Gasteiger partial charge < -0.3 is 19.5 Å². The highest BCUT2D eigenvalue weighted by molar-refractivity contribution is 6.32. The third-order valence-electron chi connectivity index (χ3n) is 3.98. The molecule has 0 bridgehead atoms. The standard InChI is InChI=1S/C18H16Cl2N2O5/c1-10(13-3-2-11(19)8-21-13)27-15-7-16-14(6-12(15)20)22(5-4-18(24)25)17(23)9-26-16/h2-3,6-8,10H,4-5,9H2,1H3,(H,24,25)/t10-/m1/s1. The Hall–Kier alpha value is -2.51. The van der Waals surface area contributed by atoms with Gasteiger partial charge in [-0.05, 0) is 25.1 Å². The number of halogens is 2. The molecule has 2 heterocycles. The van der Waals surface area contributed by atoms with Gasteiger partial charge in [0.2, 0.25) is 0 Å². The Morgan fingerprint density at radius 2 is 2.19 bits per heavy atom. The Morgan fingerprint density at radius 3 is 2.85 bits per heavy atom. The molecular weight excluding hydrogens is 395 g/mol. The molecule has 1 atom stereocenters. The van der Waals surface area contributed by atoms with Gasteiger partial charge in [-0.3, -0.25) is 14.6 Å². The summed E-state index contributed by atoms with van der Waals surface area (Å²) in [5.74, 6) is -0.554. The summed E-state index contributed by atoms with van der Waals surface area (Å²) >= 11 is 12.2. The Bertz CT molecular complexity index is 873. The second-order valence-electron chi connectivity index (χ2n) is 5.89. The molecule has 0 aliphatic carbocycles. The second kappa shape index (κ2) is 8.02. The Kier molecular flexibility index (Phi) is 5.72. The minimum Gasteiger partial charge on any atom is -0.483 e. The summed E-state index contributed by atoms with van der Waals surface area (Å²) < 4.78 is 11.3. The number of nitrogens with zero attached hydrogens (tertiary/aromatic N) is 2. The van der Waals surface area contributed by atoms with Gasteiger partial charge in [0.1, 0.15) is 17.6 Å². The average molecular weight is 411 g/mol. The molecule has 0 fully saturated rings. The smallest absolute Gasteiger partial charge is 0.305 e. The van der Waals surface area contributed by atoms with E-state index in [9.17, 15) is 9.59 Å². The van der Waals surface area contributed by atoms with Crippen molar-refractivity contribution in [2.75, 3.05) is 18.1 Å². The van der Waals surface area contributed by atoms with Crippen LogP contribution in [-0.2, 0) is 9.59 Å². The maximum absolute atomic E-state index is 12.1. The quantitative estimate of drug-likeness (QED) is 0.780. The number of amides is 1. The van der Waals surface area contributed by atoms with E-state index < -0.39 is 12.1 Å². The van der Waals surface area contributed by atoms with E-state index in [1.807, 2.05) is 6.92 Å². The van der Waals surface area contributed by atoms with Crippen molar-refractivity contribution in [1.29, 1.82) is 0 Å². The number of carboxylic acids is 1. The number of rotatable bonds is 6. The van der Waals surface area contributed by atoms with E-state index in [-0.39, 0.29) is 30.5 Å². The Balaban J connectivity index is 1.84. The molecule has 9 heteroatoms. The van der Waals surface area contributed by atoms with Crippen LogP contribution in [0.1, 0.15) is 25.1 Å². The zero-order valence-electron chi connectivity index (χ0n) is 14.3. The van der Waals surface area contributed by atoms with Gasteiger partial charge in [-0.25, -0.2) is 0 Å². The molecule has 1 amide bonds. The number of aliphatic carboxylic acids is 1. The van der Waals surface area contributed by atoms with E-state index in [1.54, 1.807) is 18.2 Å². The lowest BCUT2D eigenvalue weighted by Gasteiger charge is -2.30. The molecule has 0 spiro atoms. The first-order chi connectivity index (χ1) is 12.8. The van der Waals surface area contributed by atoms with Crippen LogP contribution in [0.15, 0.2) is 30.5 Å². The van der Waals surface area contributed by atoms with E-state index in [0.29, 0.717) is 27.9 Å². The first-order valence-corrected chi connectivity index (χ1v) is 8.87. The predicted octanol–water partition coefficient (Wildman–Crippen LogP) is 3.73. The zero-order chi connectivity index (χ0) is 19.6. The number of ether oxygens (including phenoxy) is 2. The summed E-state index contributed by atoms with van der Waals surface area (Å²) in [5.41, 5.74) is 1.09. The average Bonchev–Trinajstić information content (AvgIpc) is 2.62. The summed E-state index contributed by atoms with van der Waals surface area (Å²) in [4.78, 5) is 28.5. The number of benzene rings is 1. The number of aromatic nitrogens is 1. The molecule has 1 aromatic carbocycles. The van der Waals surface area contributed by atoms with Gasteiger partial charge >= 0.3 is 5.97 Å². The molecule has 2 aromatic rings. The largest absolute Gasteiger partial charge is 0.483 e. The minimum atomic E-state index is -0.994. The fraction of sp³-hybridized carbons (Fsp3) is 0.278. The summed E-state index contributed by atoms with van der Waals surface area (Å²) in [6.45, 7) is 1.67. The lowest BCUT2D eigenvalue weighted by atomic mass is 10.2. The lowest BCUT2D eigenvalue weighted by Crippen LogP contribution is -2.40. The van der Waals surface area contributed by atoms with Crippen molar-refractivity contribution < 1.29 is 24.2 Å². The van der Waals surface area contributed by atoms with Crippen LogP contribution in [0, 0.1) is 0 Å². The highest BCUT2D eigenvalue weighted by Crippen LogP contribution is 2.41. The van der Waals surface area contributed by atoms with Gasteiger partial charge in [-0.1, -0.05) is 23.2 Å². The molecule has 0 unspecified atom stereocenters. The molecular formula is C18H16Cl2N2O5. The molecule has 1 aromatic heterocycles. The predicted molar refractivity (Wildman–Crippen MR) is 99.8 cm³/mol. The fourth-order valence-electron chi connectivity index (χ4n) is 2.62. The monoisotopic (exact) mass is 410 g/mol. The lowest BCUT2D eigenvalue weighted by molar-refractivity contribution is -0.136.